The third-order valence-corrected chi connectivity index (χ3v) is 0.553. The normalized spacial score (nSPS) is 16.7. The molecule has 0 bridgehead atoms. The molecule has 0 aromatic rings. The minimum atomic E-state index is 0.505. The van der Waals surface area contributed by atoms with E-state index in [0.717, 1.165) is 6.54 Å². The summed E-state index contributed by atoms with van der Waals surface area (Å²) in [6.45, 7) is 3.55. The zero-order valence-corrected chi connectivity index (χ0v) is 4.49. The van der Waals surface area contributed by atoms with Crippen LogP contribution in [-0.2, 0) is 0 Å². The van der Waals surface area contributed by atoms with E-state index in [-0.39, 0.29) is 0 Å². The summed E-state index contributed by atoms with van der Waals surface area (Å²) in [6.07, 6.45) is 0. The van der Waals surface area contributed by atoms with Crippen molar-refractivity contribution in [3.05, 3.63) is 0 Å². The summed E-state index contributed by atoms with van der Waals surface area (Å²) in [5.41, 5.74) is 0. The molecule has 0 radical (unpaired) electrons. The van der Waals surface area contributed by atoms with E-state index in [0.29, 0.717) is 12.8 Å². The zero-order chi connectivity index (χ0) is 5.70. The molecular formula is C5H13N. The van der Waals surface area contributed by atoms with Crippen LogP contribution in [0.5, 0.6) is 0 Å². The summed E-state index contributed by atoms with van der Waals surface area (Å²) < 4.78 is 6.87. The van der Waals surface area contributed by atoms with Gasteiger partial charge in [0, 0.05) is 1.37 Å². The van der Waals surface area contributed by atoms with E-state index in [2.05, 4.69) is 12.2 Å². The molecule has 0 rings (SSSR count). The number of rotatable bonds is 2. The van der Waals surface area contributed by atoms with Crippen molar-refractivity contribution in [1.82, 2.24) is 5.32 Å². The summed E-state index contributed by atoms with van der Waals surface area (Å²) in [4.78, 5) is 0. The van der Waals surface area contributed by atoms with Gasteiger partial charge in [0.05, 0.1) is 0 Å². The predicted molar refractivity (Wildman–Crippen MR) is 28.8 cm³/mol. The van der Waals surface area contributed by atoms with Crippen molar-refractivity contribution < 1.29 is 1.37 Å². The Bertz CT molecular complexity index is 39.1. The average Bonchev–Trinajstić information content (AvgIpc) is 1.68. The fourth-order valence-electron chi connectivity index (χ4n) is 0.348. The molecule has 38 valence electrons. The highest BCUT2D eigenvalue weighted by Gasteiger charge is 1.84. The van der Waals surface area contributed by atoms with Gasteiger partial charge in [-0.2, -0.15) is 0 Å². The molecule has 0 aromatic carbocycles. The predicted octanol–water partition coefficient (Wildman–Crippen LogP) is 0.862. The molecular weight excluding hydrogens is 74.1 g/mol. The molecule has 6 heavy (non-hydrogen) atoms. The molecule has 1 heteroatoms. The Hall–Kier alpha value is -0.0400. The Labute approximate surface area is 41.2 Å². The highest BCUT2D eigenvalue weighted by molar-refractivity contribution is 4.42. The van der Waals surface area contributed by atoms with E-state index in [1.807, 2.05) is 7.05 Å². The number of hydrogen-bond acceptors (Lipinski definition) is 1. The van der Waals surface area contributed by atoms with Crippen LogP contribution < -0.4 is 5.32 Å². The number of hydrogen-bond donors (Lipinski definition) is 1. The lowest BCUT2D eigenvalue weighted by Gasteiger charge is -1.98. The molecule has 0 aliphatic rings. The quantitative estimate of drug-likeness (QED) is 0.529. The third-order valence-electron chi connectivity index (χ3n) is 0.553. The topological polar surface area (TPSA) is 12.0 Å². The third kappa shape index (κ3) is 3.96. The van der Waals surface area contributed by atoms with Crippen molar-refractivity contribution >= 4 is 0 Å². The first-order valence-electron chi connectivity index (χ1n) is 2.95. The van der Waals surface area contributed by atoms with Crippen LogP contribution in [0.4, 0.5) is 0 Å². The monoisotopic (exact) mass is 89.1 g/mol. The lowest BCUT2D eigenvalue weighted by Crippen LogP contribution is -2.12. The van der Waals surface area contributed by atoms with E-state index >= 15 is 0 Å². The van der Waals surface area contributed by atoms with Crippen LogP contribution in [0.15, 0.2) is 0 Å². The van der Waals surface area contributed by atoms with Crippen LogP contribution in [0.1, 0.15) is 15.2 Å². The maximum Gasteiger partial charge on any atom is 0.0234 e. The molecule has 0 fully saturated rings. The largest absolute Gasteiger partial charge is 0.319 e. The van der Waals surface area contributed by atoms with Crippen LogP contribution in [0, 0.1) is 5.92 Å². The summed E-state index contributed by atoms with van der Waals surface area (Å²) >= 11 is 0. The van der Waals surface area contributed by atoms with Crippen molar-refractivity contribution in [2.75, 3.05) is 13.6 Å². The van der Waals surface area contributed by atoms with E-state index < -0.39 is 0 Å². The van der Waals surface area contributed by atoms with Gasteiger partial charge in [-0.25, -0.2) is 0 Å². The van der Waals surface area contributed by atoms with Gasteiger partial charge in [-0.15, -0.1) is 0 Å². The van der Waals surface area contributed by atoms with Gasteiger partial charge >= 0.3 is 0 Å². The Morgan fingerprint density at radius 2 is 2.67 bits per heavy atom. The SMILES string of the molecule is [3H]CC(C)CNC. The molecule has 0 aliphatic carbocycles. The van der Waals surface area contributed by atoms with E-state index in [1.54, 1.807) is 0 Å². The molecule has 0 aromatic heterocycles. The van der Waals surface area contributed by atoms with Gasteiger partial charge in [-0.1, -0.05) is 13.8 Å². The number of nitrogens with one attached hydrogen (secondary N) is 1. The van der Waals surface area contributed by atoms with E-state index in [1.165, 1.54) is 0 Å². The molecule has 0 aliphatic heterocycles. The molecule has 0 amide bonds. The smallest absolute Gasteiger partial charge is 0.0234 e. The van der Waals surface area contributed by atoms with Crippen LogP contribution in [0.2, 0.25) is 0 Å². The minimum Gasteiger partial charge on any atom is -0.319 e. The van der Waals surface area contributed by atoms with E-state index in [9.17, 15) is 0 Å². The summed E-state index contributed by atoms with van der Waals surface area (Å²) in [5.74, 6) is 0.505. The molecule has 1 atom stereocenters. The van der Waals surface area contributed by atoms with Crippen LogP contribution in [-0.4, -0.2) is 13.6 Å². The average molecular weight is 89.2 g/mol. The highest BCUT2D eigenvalue weighted by atomic mass is 14.8. The van der Waals surface area contributed by atoms with Crippen molar-refractivity contribution in [3.8, 4) is 0 Å². The van der Waals surface area contributed by atoms with Gasteiger partial charge in [0.15, 0.2) is 0 Å². The second-order valence-electron chi connectivity index (χ2n) is 1.66. The van der Waals surface area contributed by atoms with Crippen LogP contribution in [0.25, 0.3) is 0 Å². The lowest BCUT2D eigenvalue weighted by atomic mass is 10.2. The molecule has 1 N–H and O–H groups in total. The molecule has 1 unspecified atom stereocenters. The first-order valence-corrected chi connectivity index (χ1v) is 2.25. The summed E-state index contributed by atoms with van der Waals surface area (Å²) in [5, 5.41) is 3.00. The van der Waals surface area contributed by atoms with Crippen molar-refractivity contribution in [3.63, 3.8) is 0 Å². The van der Waals surface area contributed by atoms with E-state index in [4.69, 9.17) is 1.37 Å². The Morgan fingerprint density at radius 1 is 2.00 bits per heavy atom. The Morgan fingerprint density at radius 3 is 2.83 bits per heavy atom. The Kier molecular flexibility index (Phi) is 2.18. The zero-order valence-electron chi connectivity index (χ0n) is 5.49. The summed E-state index contributed by atoms with van der Waals surface area (Å²) in [7, 11) is 1.91. The maximum absolute atomic E-state index is 6.87. The Balaban J connectivity index is 2.83. The first kappa shape index (κ1) is 4.13. The second-order valence-corrected chi connectivity index (χ2v) is 1.66. The van der Waals surface area contributed by atoms with Crippen molar-refractivity contribution in [2.24, 2.45) is 5.92 Å². The van der Waals surface area contributed by atoms with Crippen molar-refractivity contribution in [2.45, 2.75) is 13.8 Å². The van der Waals surface area contributed by atoms with Crippen molar-refractivity contribution in [1.29, 1.82) is 0 Å². The van der Waals surface area contributed by atoms with Crippen LogP contribution >= 0.6 is 0 Å². The molecule has 1 nitrogen and oxygen atoms in total. The fourth-order valence-corrected chi connectivity index (χ4v) is 0.348. The van der Waals surface area contributed by atoms with Gasteiger partial charge in [0.1, 0.15) is 0 Å². The second kappa shape index (κ2) is 3.16. The molecule has 0 saturated heterocycles. The molecule has 0 heterocycles. The van der Waals surface area contributed by atoms with Gasteiger partial charge in [-0.3, -0.25) is 0 Å². The minimum absolute atomic E-state index is 0.505. The lowest BCUT2D eigenvalue weighted by molar-refractivity contribution is 0.595. The first-order chi connectivity index (χ1) is 3.31. The van der Waals surface area contributed by atoms with Gasteiger partial charge in [0.2, 0.25) is 0 Å². The molecule has 0 spiro atoms. The highest BCUT2D eigenvalue weighted by Crippen LogP contribution is 1.83. The summed E-state index contributed by atoms with van der Waals surface area (Å²) in [6, 6.07) is 0. The van der Waals surface area contributed by atoms with Gasteiger partial charge < -0.3 is 5.32 Å². The fraction of sp³-hybridized carbons (Fsp3) is 1.00. The van der Waals surface area contributed by atoms with Crippen LogP contribution in [0.3, 0.4) is 0 Å². The van der Waals surface area contributed by atoms with Gasteiger partial charge in [-0.05, 0) is 19.5 Å². The van der Waals surface area contributed by atoms with Gasteiger partial charge in [0.25, 0.3) is 0 Å². The molecule has 0 saturated carbocycles. The maximum atomic E-state index is 6.87. The standard InChI is InChI=1S/C5H13N/c1-5(2)4-6-3/h5-6H,4H2,1-3H3/i1T.